The van der Waals surface area contributed by atoms with E-state index in [0.29, 0.717) is 11.6 Å². The minimum absolute atomic E-state index is 0.0537. The first-order valence-electron chi connectivity index (χ1n) is 10.3. The predicted molar refractivity (Wildman–Crippen MR) is 129 cm³/mol. The third kappa shape index (κ3) is 7.56. The lowest BCUT2D eigenvalue weighted by Gasteiger charge is -2.18. The van der Waals surface area contributed by atoms with Gasteiger partial charge in [-0.25, -0.2) is 0 Å². The van der Waals surface area contributed by atoms with Crippen LogP contribution in [-0.2, 0) is 26.7 Å². The maximum Gasteiger partial charge on any atom is 0.460 e. The van der Waals surface area contributed by atoms with Crippen molar-refractivity contribution in [2.24, 2.45) is 5.41 Å². The van der Waals surface area contributed by atoms with Crippen LogP contribution in [0.3, 0.4) is 0 Å². The fraction of sp³-hybridized carbons (Fsp3) is 0.409. The minimum Gasteiger partial charge on any atom is -0.455 e. The highest BCUT2D eigenvalue weighted by atomic mass is 35.5. The van der Waals surface area contributed by atoms with Crippen LogP contribution in [-0.4, -0.2) is 16.3 Å². The van der Waals surface area contributed by atoms with Gasteiger partial charge in [0.15, 0.2) is 16.8 Å². The van der Waals surface area contributed by atoms with Crippen molar-refractivity contribution in [3.05, 3.63) is 56.6 Å². The average molecular weight is 553 g/mol. The largest absolute Gasteiger partial charge is 0.460 e. The van der Waals surface area contributed by atoms with Gasteiger partial charge in [0.25, 0.3) is 5.30 Å². The number of aryl methyl sites for hydroxylation is 1. The second-order valence-corrected chi connectivity index (χ2v) is 12.3. The molecule has 2 aromatic carbocycles. The molecular formula is C22H23ClF3NO6PS+. The molecule has 0 N–H and O–H groups in total. The highest BCUT2D eigenvalue weighted by Gasteiger charge is 2.38. The van der Waals surface area contributed by atoms with Crippen LogP contribution in [0.25, 0.3) is 0 Å². The zero-order chi connectivity index (χ0) is 26.7. The number of ether oxygens (including phenoxy) is 2. The highest BCUT2D eigenvalue weighted by molar-refractivity contribution is 8.54. The van der Waals surface area contributed by atoms with Gasteiger partial charge in [-0.3, -0.25) is 14.9 Å². The van der Waals surface area contributed by atoms with E-state index in [1.807, 2.05) is 0 Å². The number of esters is 1. The number of hydrogen-bond acceptors (Lipinski definition) is 7. The zero-order valence-corrected chi connectivity index (χ0v) is 21.9. The van der Waals surface area contributed by atoms with Gasteiger partial charge in [0, 0.05) is 17.7 Å². The summed E-state index contributed by atoms with van der Waals surface area (Å²) in [6, 6.07) is 4.93. The van der Waals surface area contributed by atoms with Gasteiger partial charge >= 0.3 is 24.8 Å². The third-order valence-corrected chi connectivity index (χ3v) is 8.23. The van der Waals surface area contributed by atoms with Gasteiger partial charge in [0.1, 0.15) is 11.5 Å². The van der Waals surface area contributed by atoms with Gasteiger partial charge in [-0.15, -0.1) is 0 Å². The van der Waals surface area contributed by atoms with Crippen molar-refractivity contribution >= 4 is 46.9 Å². The number of alkyl halides is 3. The van der Waals surface area contributed by atoms with Crippen LogP contribution in [0.5, 0.6) is 11.5 Å². The first kappa shape index (κ1) is 28.9. The first-order valence-corrected chi connectivity index (χ1v) is 13.4. The summed E-state index contributed by atoms with van der Waals surface area (Å²) < 4.78 is 62.8. The van der Waals surface area contributed by atoms with E-state index in [2.05, 4.69) is 0 Å². The average Bonchev–Trinajstić information content (AvgIpc) is 2.72. The summed E-state index contributed by atoms with van der Waals surface area (Å²) in [4.78, 5) is 23.1. The standard InChI is InChI=1S/C22H23ClF3NO6PS/c1-6-13-9-16(27(29)30)19(34(31)35-12(2)32-20(28)21(3,4)5)11-18(13)33-17-8-7-14(10-15(17)23)22(24,25)26/h7-12H,6H2,1-5H3/q+1. The predicted octanol–water partition coefficient (Wildman–Crippen LogP) is 7.66. The Bertz CT molecular complexity index is 1150. The van der Waals surface area contributed by atoms with Crippen LogP contribution in [0.1, 0.15) is 45.7 Å². The van der Waals surface area contributed by atoms with Crippen LogP contribution in [0.4, 0.5) is 18.9 Å². The number of nitro benzene ring substituents is 1. The molecule has 0 amide bonds. The van der Waals surface area contributed by atoms with E-state index in [0.717, 1.165) is 23.5 Å². The topological polar surface area (TPSA) is 95.7 Å². The van der Waals surface area contributed by atoms with Gasteiger partial charge < -0.3 is 9.47 Å². The highest BCUT2D eigenvalue weighted by Crippen LogP contribution is 2.45. The van der Waals surface area contributed by atoms with Crippen molar-refractivity contribution in [3.8, 4) is 11.5 Å². The molecule has 0 saturated heterocycles. The molecule has 2 atom stereocenters. The van der Waals surface area contributed by atoms with E-state index in [4.69, 9.17) is 21.1 Å². The Morgan fingerprint density at radius 3 is 2.31 bits per heavy atom. The summed E-state index contributed by atoms with van der Waals surface area (Å²) in [5, 5.41) is 11.2. The van der Waals surface area contributed by atoms with Crippen LogP contribution in [0.15, 0.2) is 30.3 Å². The fourth-order valence-electron chi connectivity index (χ4n) is 2.68. The molecule has 2 unspecified atom stereocenters. The molecule has 0 saturated carbocycles. The molecule has 2 rings (SSSR count). The number of hydrogen-bond donors (Lipinski definition) is 0. The molecule has 7 nitrogen and oxygen atoms in total. The molecule has 0 aliphatic heterocycles. The van der Waals surface area contributed by atoms with Gasteiger partial charge in [0.2, 0.25) is 0 Å². The van der Waals surface area contributed by atoms with Crippen molar-refractivity contribution in [2.45, 2.75) is 52.7 Å². The molecule has 0 aliphatic rings. The fourth-order valence-corrected chi connectivity index (χ4v) is 5.69. The maximum absolute atomic E-state index is 13.0. The van der Waals surface area contributed by atoms with Crippen molar-refractivity contribution in [3.63, 3.8) is 0 Å². The summed E-state index contributed by atoms with van der Waals surface area (Å²) in [7, 11) is -2.49. The van der Waals surface area contributed by atoms with Gasteiger partial charge in [-0.1, -0.05) is 23.1 Å². The van der Waals surface area contributed by atoms with Gasteiger partial charge in [0.05, 0.1) is 20.9 Å². The quantitative estimate of drug-likeness (QED) is 0.109. The monoisotopic (exact) mass is 552 g/mol. The maximum atomic E-state index is 13.0. The Hall–Kier alpha value is -2.36. The first-order chi connectivity index (χ1) is 16.0. The lowest BCUT2D eigenvalue weighted by molar-refractivity contribution is -0.383. The van der Waals surface area contributed by atoms with Gasteiger partial charge in [-0.05, 0) is 52.3 Å². The van der Waals surface area contributed by atoms with Crippen molar-refractivity contribution < 1.29 is 36.9 Å². The van der Waals surface area contributed by atoms with E-state index in [1.165, 1.54) is 19.1 Å². The summed E-state index contributed by atoms with van der Waals surface area (Å²) in [6.07, 6.45) is -4.32. The Labute approximate surface area is 210 Å². The Morgan fingerprint density at radius 2 is 1.83 bits per heavy atom. The molecule has 0 aliphatic carbocycles. The Balaban J connectivity index is 2.42. The van der Waals surface area contributed by atoms with E-state index in [-0.39, 0.29) is 28.2 Å². The molecule has 2 aromatic rings. The van der Waals surface area contributed by atoms with Crippen LogP contribution in [0.2, 0.25) is 5.02 Å². The van der Waals surface area contributed by atoms with Gasteiger partial charge in [-0.2, -0.15) is 13.2 Å². The molecule has 0 spiro atoms. The number of nitro groups is 1. The molecular weight excluding hydrogens is 530 g/mol. The third-order valence-electron chi connectivity index (χ3n) is 4.54. The van der Waals surface area contributed by atoms with Crippen LogP contribution < -0.4 is 10.0 Å². The number of carbonyl (C=O) groups excluding carboxylic acids is 1. The SMILES string of the molecule is CCc1cc([N+](=O)[O-])c([P+](=O)SC(C)OC(=O)C(C)(C)C)cc1Oc1ccc(C(F)(F)F)cc1Cl. The Kier molecular flexibility index (Phi) is 9.19. The second kappa shape index (κ2) is 11.1. The van der Waals surface area contributed by atoms with Crippen LogP contribution >= 0.6 is 30.0 Å². The molecule has 13 heteroatoms. The van der Waals surface area contributed by atoms with Crippen molar-refractivity contribution in [1.29, 1.82) is 0 Å². The lowest BCUT2D eigenvalue weighted by atomic mass is 9.97. The molecule has 0 heterocycles. The number of rotatable bonds is 8. The summed E-state index contributed by atoms with van der Waals surface area (Å²) in [5.74, 6) is -0.583. The molecule has 35 heavy (non-hydrogen) atoms. The van der Waals surface area contributed by atoms with E-state index in [1.54, 1.807) is 27.7 Å². The van der Waals surface area contributed by atoms with Crippen molar-refractivity contribution in [1.82, 2.24) is 0 Å². The zero-order valence-electron chi connectivity index (χ0n) is 19.4. The Morgan fingerprint density at radius 1 is 1.20 bits per heavy atom. The lowest BCUT2D eigenvalue weighted by Crippen LogP contribution is -2.25. The minimum atomic E-state index is -4.60. The van der Waals surface area contributed by atoms with Crippen LogP contribution in [0, 0.1) is 15.5 Å². The second-order valence-electron chi connectivity index (χ2n) is 8.39. The number of nitrogens with zero attached hydrogens (tertiary/aromatic N) is 1. The van der Waals surface area contributed by atoms with E-state index in [9.17, 15) is 32.6 Å². The molecule has 190 valence electrons. The van der Waals surface area contributed by atoms with E-state index >= 15 is 0 Å². The number of benzene rings is 2. The smallest absolute Gasteiger partial charge is 0.455 e. The molecule has 0 radical (unpaired) electrons. The summed E-state index contributed by atoms with van der Waals surface area (Å²) in [5.41, 5.74) is -2.69. The number of halogens is 4. The van der Waals surface area contributed by atoms with E-state index < -0.39 is 46.2 Å². The summed E-state index contributed by atoms with van der Waals surface area (Å²) >= 11 is 6.70. The summed E-state index contributed by atoms with van der Waals surface area (Å²) in [6.45, 7) is 8.14. The normalized spacial score (nSPS) is 13.2. The van der Waals surface area contributed by atoms with Crippen molar-refractivity contribution in [2.75, 3.05) is 0 Å². The number of carbonyl (C=O) groups is 1. The molecule has 0 fully saturated rings. The molecule has 0 aromatic heterocycles. The molecule has 0 bridgehead atoms.